The van der Waals surface area contributed by atoms with Gasteiger partial charge in [-0.2, -0.15) is 4.57 Å². The zero-order chi connectivity index (χ0) is 14.4. The number of halogens is 1. The molecule has 102 valence electrons. The zero-order valence-electron chi connectivity index (χ0n) is 10.7. The minimum atomic E-state index is -1.19. The molecule has 0 spiro atoms. The number of alkyl halides is 1. The third-order valence-corrected chi connectivity index (χ3v) is 2.75. The van der Waals surface area contributed by atoms with Crippen LogP contribution in [0.2, 0.25) is 0 Å². The molecule has 0 N–H and O–H groups in total. The largest absolute Gasteiger partial charge is 0.426 e. The second-order valence-electron chi connectivity index (χ2n) is 4.04. The maximum absolute atomic E-state index is 12.1. The molecule has 0 aliphatic heterocycles. The van der Waals surface area contributed by atoms with Gasteiger partial charge in [0.25, 0.3) is 5.69 Å². The van der Waals surface area contributed by atoms with Gasteiger partial charge in [0.15, 0.2) is 6.20 Å². The van der Waals surface area contributed by atoms with Crippen molar-refractivity contribution in [2.75, 3.05) is 6.86 Å². The molecule has 0 saturated carbocycles. The number of carbonyl (C=O) groups excluding carboxylic acids is 2. The van der Waals surface area contributed by atoms with Crippen LogP contribution < -0.4 is 4.57 Å². The van der Waals surface area contributed by atoms with Gasteiger partial charge < -0.3 is 4.74 Å². The van der Waals surface area contributed by atoms with E-state index in [-0.39, 0.29) is 18.0 Å². The Kier molecular flexibility index (Phi) is 4.55. The number of esters is 1. The first kappa shape index (κ1) is 13.9. The normalized spacial score (nSPS) is 10.1. The third kappa shape index (κ3) is 3.26. The van der Waals surface area contributed by atoms with Crippen molar-refractivity contribution in [3.05, 3.63) is 66.0 Å². The van der Waals surface area contributed by atoms with E-state index in [2.05, 4.69) is 4.74 Å². The maximum Gasteiger partial charge on any atom is 0.406 e. The summed E-state index contributed by atoms with van der Waals surface area (Å²) in [5.41, 5.74) is 0.683. The molecule has 2 rings (SSSR count). The van der Waals surface area contributed by atoms with E-state index in [0.717, 1.165) is 0 Å². The summed E-state index contributed by atoms with van der Waals surface area (Å²) >= 11 is 0. The highest BCUT2D eigenvalue weighted by atomic mass is 19.1. The average Bonchev–Trinajstić information content (AvgIpc) is 2.49. The van der Waals surface area contributed by atoms with Gasteiger partial charge in [0.2, 0.25) is 19.2 Å². The number of hydrogen-bond acceptors (Lipinski definition) is 3. The lowest BCUT2D eigenvalue weighted by molar-refractivity contribution is -0.685. The van der Waals surface area contributed by atoms with Crippen molar-refractivity contribution in [1.82, 2.24) is 0 Å². The molecule has 1 aromatic heterocycles. The molecule has 4 nitrogen and oxygen atoms in total. The number of Topliss-reactive ketones (excluding diaryl/α,β-unsaturated/α-hetero) is 1. The highest BCUT2D eigenvalue weighted by molar-refractivity contribution is 5.95. The van der Waals surface area contributed by atoms with Gasteiger partial charge in [-0.1, -0.05) is 30.3 Å². The topological polar surface area (TPSA) is 47.2 Å². The second kappa shape index (κ2) is 6.56. The van der Waals surface area contributed by atoms with Gasteiger partial charge in [-0.05, 0) is 6.07 Å². The van der Waals surface area contributed by atoms with E-state index < -0.39 is 12.8 Å². The first-order chi connectivity index (χ1) is 9.72. The fourth-order valence-electron chi connectivity index (χ4n) is 1.79. The van der Waals surface area contributed by atoms with Crippen molar-refractivity contribution in [2.24, 2.45) is 0 Å². The lowest BCUT2D eigenvalue weighted by atomic mass is 10.1. The summed E-state index contributed by atoms with van der Waals surface area (Å²) in [6, 6.07) is 13.5. The summed E-state index contributed by atoms with van der Waals surface area (Å²) in [7, 11) is 0. The second-order valence-corrected chi connectivity index (χ2v) is 4.04. The molecule has 0 atom stereocenters. The Morgan fingerprint density at radius 2 is 1.75 bits per heavy atom. The van der Waals surface area contributed by atoms with Gasteiger partial charge in [-0.25, -0.2) is 9.18 Å². The van der Waals surface area contributed by atoms with Gasteiger partial charge >= 0.3 is 5.97 Å². The van der Waals surface area contributed by atoms with E-state index >= 15 is 0 Å². The lowest BCUT2D eigenvalue weighted by Crippen LogP contribution is -2.43. The highest BCUT2D eigenvalue weighted by Gasteiger charge is 2.22. The van der Waals surface area contributed by atoms with Crippen molar-refractivity contribution in [3.8, 4) is 0 Å². The van der Waals surface area contributed by atoms with Gasteiger partial charge in [0, 0.05) is 17.7 Å². The Morgan fingerprint density at radius 3 is 2.45 bits per heavy atom. The van der Waals surface area contributed by atoms with Gasteiger partial charge in [0.05, 0.1) is 0 Å². The van der Waals surface area contributed by atoms with Crippen LogP contribution in [-0.4, -0.2) is 18.6 Å². The third-order valence-electron chi connectivity index (χ3n) is 2.75. The fraction of sp³-hybridized carbons (Fsp3) is 0.133. The molecule has 0 fully saturated rings. The molecule has 2 aromatic rings. The van der Waals surface area contributed by atoms with Crippen LogP contribution in [0.15, 0.2) is 54.7 Å². The molecule has 0 radical (unpaired) electrons. The average molecular weight is 274 g/mol. The molecule has 0 aliphatic rings. The zero-order valence-corrected chi connectivity index (χ0v) is 10.7. The Labute approximate surface area is 115 Å². The number of ether oxygens (including phenoxy) is 1. The van der Waals surface area contributed by atoms with E-state index in [9.17, 15) is 14.0 Å². The van der Waals surface area contributed by atoms with Crippen LogP contribution in [0.4, 0.5) is 4.39 Å². The van der Waals surface area contributed by atoms with Crippen molar-refractivity contribution in [2.45, 2.75) is 6.54 Å². The summed E-state index contributed by atoms with van der Waals surface area (Å²) in [5.74, 6) is -0.940. The maximum atomic E-state index is 12.1. The van der Waals surface area contributed by atoms with E-state index in [4.69, 9.17) is 0 Å². The van der Waals surface area contributed by atoms with Crippen molar-refractivity contribution >= 4 is 11.8 Å². The predicted octanol–water partition coefficient (Wildman–Crippen LogP) is 1.94. The van der Waals surface area contributed by atoms with Crippen LogP contribution in [-0.2, 0) is 11.3 Å². The monoisotopic (exact) mass is 274 g/mol. The van der Waals surface area contributed by atoms with E-state index in [1.807, 2.05) is 6.07 Å². The first-order valence-electron chi connectivity index (χ1n) is 6.02. The molecule has 0 unspecified atom stereocenters. The Bertz CT molecular complexity index is 614. The smallest absolute Gasteiger partial charge is 0.406 e. The first-order valence-corrected chi connectivity index (χ1v) is 6.02. The van der Waals surface area contributed by atoms with Crippen LogP contribution in [0.3, 0.4) is 0 Å². The number of benzene rings is 1. The molecular weight excluding hydrogens is 261 g/mol. The van der Waals surface area contributed by atoms with Gasteiger partial charge in [0.1, 0.15) is 0 Å². The van der Waals surface area contributed by atoms with E-state index in [1.165, 1.54) is 10.6 Å². The molecule has 0 bridgehead atoms. The summed E-state index contributed by atoms with van der Waals surface area (Å²) in [5, 5.41) is 0. The molecule has 20 heavy (non-hydrogen) atoms. The number of carbonyl (C=O) groups is 2. The number of nitrogens with zero attached hydrogens (tertiary/aromatic N) is 1. The van der Waals surface area contributed by atoms with Crippen molar-refractivity contribution in [1.29, 1.82) is 0 Å². The molecule has 0 amide bonds. The van der Waals surface area contributed by atoms with Crippen LogP contribution in [0, 0.1) is 0 Å². The van der Waals surface area contributed by atoms with Gasteiger partial charge in [-0.3, -0.25) is 4.79 Å². The standard InChI is InChI=1S/C15H13FNO3/c16-11-20-15(19)13-8-4-5-9-17(13)10-14(18)12-6-2-1-3-7-12/h1-9H,10-11H2/q+1. The SMILES string of the molecule is O=C(C[n+]1ccccc1C(=O)OCF)c1ccccc1. The van der Waals surface area contributed by atoms with Crippen molar-refractivity contribution < 1.29 is 23.3 Å². The van der Waals surface area contributed by atoms with E-state index in [0.29, 0.717) is 5.56 Å². The molecule has 0 saturated heterocycles. The van der Waals surface area contributed by atoms with Crippen LogP contribution in [0.1, 0.15) is 20.8 Å². The minimum Gasteiger partial charge on any atom is -0.426 e. The summed E-state index contributed by atoms with van der Waals surface area (Å²) in [6.07, 6.45) is 1.58. The van der Waals surface area contributed by atoms with Gasteiger partial charge in [-0.15, -0.1) is 0 Å². The predicted molar refractivity (Wildman–Crippen MR) is 68.8 cm³/mol. The summed E-state index contributed by atoms with van der Waals surface area (Å²) < 4.78 is 17.8. The minimum absolute atomic E-state index is 0.0123. The van der Waals surface area contributed by atoms with Crippen molar-refractivity contribution in [3.63, 3.8) is 0 Å². The van der Waals surface area contributed by atoms with Crippen LogP contribution >= 0.6 is 0 Å². The number of rotatable bonds is 5. The van der Waals surface area contributed by atoms with Crippen LogP contribution in [0.5, 0.6) is 0 Å². The fourth-order valence-corrected chi connectivity index (χ4v) is 1.79. The molecule has 0 aliphatic carbocycles. The molecule has 5 heteroatoms. The molecule has 1 aromatic carbocycles. The Balaban J connectivity index is 2.21. The number of hydrogen-bond donors (Lipinski definition) is 0. The Hall–Kier alpha value is -2.56. The number of pyridine rings is 1. The Morgan fingerprint density at radius 1 is 1.05 bits per heavy atom. The summed E-state index contributed by atoms with van der Waals surface area (Å²) in [4.78, 5) is 23.7. The molecular formula is C15H13FNO3+. The molecule has 1 heterocycles. The quantitative estimate of drug-likeness (QED) is 0.475. The van der Waals surface area contributed by atoms with Crippen LogP contribution in [0.25, 0.3) is 0 Å². The number of ketones is 1. The van der Waals surface area contributed by atoms with E-state index in [1.54, 1.807) is 42.6 Å². The lowest BCUT2D eigenvalue weighted by Gasteiger charge is -2.02. The summed E-state index contributed by atoms with van der Waals surface area (Å²) in [6.45, 7) is -1.21. The highest BCUT2D eigenvalue weighted by Crippen LogP contribution is 2.01. The number of aromatic nitrogens is 1.